The molecule has 0 atom stereocenters. The molecular weight excluding hydrogens is 240 g/mol. The summed E-state index contributed by atoms with van der Waals surface area (Å²) in [6.07, 6.45) is 3.07. The van der Waals surface area contributed by atoms with Crippen LogP contribution in [-0.4, -0.2) is 22.8 Å². The van der Waals surface area contributed by atoms with Crippen molar-refractivity contribution in [3.63, 3.8) is 0 Å². The minimum absolute atomic E-state index is 0.695. The molecule has 0 aliphatic heterocycles. The number of hydrogen-bond donors (Lipinski definition) is 0. The lowest BCUT2D eigenvalue weighted by Gasteiger charge is -2.15. The van der Waals surface area contributed by atoms with Crippen molar-refractivity contribution in [2.75, 3.05) is 13.7 Å². The average Bonchev–Trinajstić information content (AvgIpc) is 2.42. The minimum atomic E-state index is -0.740. The lowest BCUT2D eigenvalue weighted by atomic mass is 10.1. The number of rotatable bonds is 9. The third kappa shape index (κ3) is 5.17. The molecule has 0 saturated carbocycles. The van der Waals surface area contributed by atoms with E-state index >= 15 is 0 Å². The van der Waals surface area contributed by atoms with Gasteiger partial charge in [0.15, 0.2) is 0 Å². The van der Waals surface area contributed by atoms with E-state index < -0.39 is 9.04 Å². The molecule has 18 heavy (non-hydrogen) atoms. The van der Waals surface area contributed by atoms with Crippen LogP contribution >= 0.6 is 0 Å². The zero-order valence-electron chi connectivity index (χ0n) is 11.4. The van der Waals surface area contributed by atoms with Crippen LogP contribution in [0.4, 0.5) is 0 Å². The van der Waals surface area contributed by atoms with E-state index in [-0.39, 0.29) is 0 Å². The summed E-state index contributed by atoms with van der Waals surface area (Å²) in [6, 6.07) is 10.5. The molecule has 3 heteroatoms. The molecule has 1 radical (unpaired) electrons. The second-order valence-corrected chi connectivity index (χ2v) is 6.59. The molecule has 0 fully saturated rings. The fourth-order valence-electron chi connectivity index (χ4n) is 1.81. The summed E-state index contributed by atoms with van der Waals surface area (Å²) in [5.41, 5.74) is 2.39. The van der Waals surface area contributed by atoms with Gasteiger partial charge in [0.1, 0.15) is 0 Å². The number of benzene rings is 1. The van der Waals surface area contributed by atoms with E-state index in [4.69, 9.17) is 9.16 Å². The van der Waals surface area contributed by atoms with Crippen LogP contribution < -0.4 is 0 Å². The largest absolute Gasteiger partial charge is 0.412 e. The van der Waals surface area contributed by atoms with Crippen LogP contribution in [-0.2, 0) is 15.8 Å². The van der Waals surface area contributed by atoms with E-state index in [2.05, 4.69) is 25.6 Å². The molecule has 0 amide bonds. The van der Waals surface area contributed by atoms with Gasteiger partial charge in [0, 0.05) is 13.7 Å². The highest BCUT2D eigenvalue weighted by atomic mass is 28.3. The van der Waals surface area contributed by atoms with Gasteiger partial charge in [-0.15, -0.1) is 0 Å². The van der Waals surface area contributed by atoms with E-state index in [1.807, 2.05) is 18.2 Å². The van der Waals surface area contributed by atoms with Gasteiger partial charge in [-0.2, -0.15) is 0 Å². The van der Waals surface area contributed by atoms with Gasteiger partial charge < -0.3 is 9.16 Å². The molecule has 0 N–H and O–H groups in total. The first-order chi connectivity index (χ1) is 8.81. The third-order valence-corrected chi connectivity index (χ3v) is 5.19. The molecule has 0 spiro atoms. The SMILES string of the molecule is C=Cc1ccccc1CO[Si](CCC)CCOC. The van der Waals surface area contributed by atoms with Crippen LogP contribution in [0.1, 0.15) is 24.5 Å². The van der Waals surface area contributed by atoms with Crippen LogP contribution in [0.5, 0.6) is 0 Å². The van der Waals surface area contributed by atoms with E-state index in [1.165, 1.54) is 23.6 Å². The first-order valence-corrected chi connectivity index (χ1v) is 8.30. The minimum Gasteiger partial charge on any atom is -0.412 e. The van der Waals surface area contributed by atoms with Crippen LogP contribution in [0.3, 0.4) is 0 Å². The molecular formula is C15H23O2Si. The van der Waals surface area contributed by atoms with Gasteiger partial charge in [0.25, 0.3) is 0 Å². The summed E-state index contributed by atoms with van der Waals surface area (Å²) >= 11 is 0. The molecule has 0 heterocycles. The fraction of sp³-hybridized carbons (Fsp3) is 0.467. The monoisotopic (exact) mass is 263 g/mol. The van der Waals surface area contributed by atoms with Gasteiger partial charge in [-0.3, -0.25) is 0 Å². The molecule has 0 bridgehead atoms. The standard InChI is InChI=1S/C15H23O2Si/c1-4-11-18(12-10-16-3)17-13-15-9-7-6-8-14(15)5-2/h5-9H,2,4,10-13H2,1,3H3. The maximum absolute atomic E-state index is 6.09. The van der Waals surface area contributed by atoms with Crippen LogP contribution in [0.2, 0.25) is 12.1 Å². The molecule has 99 valence electrons. The van der Waals surface area contributed by atoms with Gasteiger partial charge >= 0.3 is 0 Å². The Balaban J connectivity index is 2.52. The molecule has 1 aromatic rings. The number of ether oxygens (including phenoxy) is 1. The Morgan fingerprint density at radius 3 is 2.72 bits per heavy atom. The summed E-state index contributed by atoms with van der Waals surface area (Å²) in [5, 5.41) is 0. The Labute approximate surface area is 112 Å². The predicted octanol–water partition coefficient (Wildman–Crippen LogP) is 3.89. The quantitative estimate of drug-likeness (QED) is 0.629. The summed E-state index contributed by atoms with van der Waals surface area (Å²) in [5.74, 6) is 0. The highest BCUT2D eigenvalue weighted by molar-refractivity contribution is 6.51. The molecule has 0 aliphatic carbocycles. The summed E-state index contributed by atoms with van der Waals surface area (Å²) in [7, 11) is 1.01. The Morgan fingerprint density at radius 1 is 1.28 bits per heavy atom. The Hall–Kier alpha value is -0.903. The smallest absolute Gasteiger partial charge is 0.214 e. The second-order valence-electron chi connectivity index (χ2n) is 4.22. The lowest BCUT2D eigenvalue weighted by Crippen LogP contribution is -2.19. The van der Waals surface area contributed by atoms with Crippen LogP contribution in [0.15, 0.2) is 30.8 Å². The molecule has 0 aliphatic rings. The van der Waals surface area contributed by atoms with Crippen molar-refractivity contribution < 1.29 is 9.16 Å². The van der Waals surface area contributed by atoms with E-state index in [0.717, 1.165) is 12.7 Å². The van der Waals surface area contributed by atoms with E-state index in [0.29, 0.717) is 6.61 Å². The molecule has 0 aromatic heterocycles. The Bertz CT molecular complexity index is 352. The van der Waals surface area contributed by atoms with E-state index in [1.54, 1.807) is 7.11 Å². The highest BCUT2D eigenvalue weighted by Crippen LogP contribution is 2.14. The van der Waals surface area contributed by atoms with Crippen molar-refractivity contribution in [3.05, 3.63) is 42.0 Å². The second kappa shape index (κ2) is 9.08. The van der Waals surface area contributed by atoms with E-state index in [9.17, 15) is 0 Å². The highest BCUT2D eigenvalue weighted by Gasteiger charge is 2.12. The summed E-state index contributed by atoms with van der Waals surface area (Å²) in [4.78, 5) is 0. The van der Waals surface area contributed by atoms with Crippen LogP contribution in [0, 0.1) is 0 Å². The van der Waals surface area contributed by atoms with Gasteiger partial charge in [0.2, 0.25) is 9.04 Å². The van der Waals surface area contributed by atoms with Crippen molar-refractivity contribution in [2.24, 2.45) is 0 Å². The van der Waals surface area contributed by atoms with Gasteiger partial charge in [-0.05, 0) is 23.2 Å². The maximum Gasteiger partial charge on any atom is 0.214 e. The van der Waals surface area contributed by atoms with Crippen molar-refractivity contribution in [3.8, 4) is 0 Å². The fourth-order valence-corrected chi connectivity index (χ4v) is 3.70. The molecule has 1 aromatic carbocycles. The van der Waals surface area contributed by atoms with Crippen molar-refractivity contribution >= 4 is 15.1 Å². The molecule has 0 unspecified atom stereocenters. The topological polar surface area (TPSA) is 18.5 Å². The van der Waals surface area contributed by atoms with Crippen LogP contribution in [0.25, 0.3) is 6.08 Å². The maximum atomic E-state index is 6.09. The zero-order chi connectivity index (χ0) is 13.2. The first-order valence-electron chi connectivity index (χ1n) is 6.48. The van der Waals surface area contributed by atoms with Crippen molar-refractivity contribution in [1.82, 2.24) is 0 Å². The van der Waals surface area contributed by atoms with Crippen molar-refractivity contribution in [2.45, 2.75) is 32.0 Å². The number of hydrogen-bond acceptors (Lipinski definition) is 2. The van der Waals surface area contributed by atoms with Gasteiger partial charge in [-0.1, -0.05) is 50.3 Å². The summed E-state index contributed by atoms with van der Waals surface area (Å²) in [6.45, 7) is 7.54. The molecule has 1 rings (SSSR count). The predicted molar refractivity (Wildman–Crippen MR) is 78.9 cm³/mol. The number of methoxy groups -OCH3 is 1. The normalized spacial score (nSPS) is 10.8. The van der Waals surface area contributed by atoms with Gasteiger partial charge in [0.05, 0.1) is 6.61 Å². The first kappa shape index (κ1) is 15.2. The molecule has 0 saturated heterocycles. The third-order valence-electron chi connectivity index (χ3n) is 2.82. The summed E-state index contributed by atoms with van der Waals surface area (Å²) < 4.78 is 11.2. The molecule has 2 nitrogen and oxygen atoms in total. The Kier molecular flexibility index (Phi) is 7.65. The lowest BCUT2D eigenvalue weighted by molar-refractivity contribution is 0.207. The van der Waals surface area contributed by atoms with Gasteiger partial charge in [-0.25, -0.2) is 0 Å². The average molecular weight is 263 g/mol. The Morgan fingerprint density at radius 2 is 2.06 bits per heavy atom. The zero-order valence-corrected chi connectivity index (χ0v) is 12.4. The van der Waals surface area contributed by atoms with Crippen molar-refractivity contribution in [1.29, 1.82) is 0 Å².